The lowest BCUT2D eigenvalue weighted by atomic mass is 9.90. The Morgan fingerprint density at radius 2 is 1.58 bits per heavy atom. The second kappa shape index (κ2) is 7.95. The fraction of sp³-hybridized carbons (Fsp3) is 0.0769. The predicted molar refractivity (Wildman–Crippen MR) is 122 cm³/mol. The van der Waals surface area contributed by atoms with Crippen LogP contribution in [0.15, 0.2) is 91.0 Å². The molecular weight excluding hydrogens is 386 g/mol. The highest BCUT2D eigenvalue weighted by atomic mass is 16.5. The number of amides is 2. The Hall–Kier alpha value is -4.12. The number of nitrogens with zero attached hydrogens (tertiary/aromatic N) is 1. The van der Waals surface area contributed by atoms with Crippen molar-refractivity contribution in [2.24, 2.45) is 0 Å². The molecule has 2 heterocycles. The van der Waals surface area contributed by atoms with E-state index < -0.39 is 0 Å². The van der Waals surface area contributed by atoms with E-state index in [2.05, 4.69) is 16.7 Å². The molecule has 1 atom stereocenters. The molecule has 0 radical (unpaired) electrons. The van der Waals surface area contributed by atoms with Crippen molar-refractivity contribution >= 4 is 28.2 Å². The van der Waals surface area contributed by atoms with Crippen LogP contribution in [-0.4, -0.2) is 18.1 Å². The SMILES string of the molecule is COc1ccc(C2NC(=O)NC(c3ccccc3)=C2c2ccc3ccccc3n2)cc1. The van der Waals surface area contributed by atoms with Gasteiger partial charge >= 0.3 is 6.03 Å². The second-order valence-electron chi connectivity index (χ2n) is 7.35. The van der Waals surface area contributed by atoms with Crippen LogP contribution in [0.3, 0.4) is 0 Å². The molecule has 5 rings (SSSR count). The summed E-state index contributed by atoms with van der Waals surface area (Å²) in [6, 6.07) is 29.1. The zero-order chi connectivity index (χ0) is 21.2. The lowest BCUT2D eigenvalue weighted by Crippen LogP contribution is -2.43. The van der Waals surface area contributed by atoms with E-state index in [-0.39, 0.29) is 12.1 Å². The molecule has 0 saturated carbocycles. The van der Waals surface area contributed by atoms with Crippen LogP contribution in [0.2, 0.25) is 0 Å². The van der Waals surface area contributed by atoms with Gasteiger partial charge in [-0.15, -0.1) is 0 Å². The summed E-state index contributed by atoms with van der Waals surface area (Å²) in [5.74, 6) is 0.765. The van der Waals surface area contributed by atoms with Crippen LogP contribution in [-0.2, 0) is 0 Å². The number of urea groups is 1. The molecule has 1 aliphatic rings. The number of carbonyl (C=O) groups is 1. The van der Waals surface area contributed by atoms with Crippen LogP contribution in [0, 0.1) is 0 Å². The summed E-state index contributed by atoms with van der Waals surface area (Å²) in [5, 5.41) is 7.17. The molecule has 3 aromatic carbocycles. The third kappa shape index (κ3) is 3.62. The predicted octanol–water partition coefficient (Wildman–Crippen LogP) is 5.17. The Kier molecular flexibility index (Phi) is 4.84. The van der Waals surface area contributed by atoms with Crippen LogP contribution in [0.5, 0.6) is 5.75 Å². The van der Waals surface area contributed by atoms with Crippen molar-refractivity contribution in [2.75, 3.05) is 7.11 Å². The number of pyridine rings is 1. The highest BCUT2D eigenvalue weighted by Crippen LogP contribution is 2.38. The molecule has 5 heteroatoms. The molecule has 0 fully saturated rings. The lowest BCUT2D eigenvalue weighted by Gasteiger charge is -2.31. The highest BCUT2D eigenvalue weighted by molar-refractivity contribution is 6.03. The molecule has 2 amide bonds. The number of hydrogen-bond acceptors (Lipinski definition) is 3. The number of methoxy groups -OCH3 is 1. The Morgan fingerprint density at radius 1 is 0.839 bits per heavy atom. The van der Waals surface area contributed by atoms with Crippen molar-refractivity contribution in [3.8, 4) is 5.75 Å². The minimum atomic E-state index is -0.358. The van der Waals surface area contributed by atoms with Gasteiger partial charge < -0.3 is 15.4 Å². The molecule has 0 spiro atoms. The van der Waals surface area contributed by atoms with Crippen LogP contribution in [0.4, 0.5) is 4.79 Å². The molecule has 1 aliphatic heterocycles. The van der Waals surface area contributed by atoms with Gasteiger partial charge in [-0.2, -0.15) is 0 Å². The quantitative estimate of drug-likeness (QED) is 0.491. The zero-order valence-electron chi connectivity index (χ0n) is 17.0. The minimum absolute atomic E-state index is 0.246. The van der Waals surface area contributed by atoms with Gasteiger partial charge in [-0.1, -0.05) is 66.7 Å². The number of rotatable bonds is 4. The van der Waals surface area contributed by atoms with Crippen LogP contribution in [0.1, 0.15) is 22.9 Å². The van der Waals surface area contributed by atoms with Crippen LogP contribution >= 0.6 is 0 Å². The topological polar surface area (TPSA) is 63.2 Å². The van der Waals surface area contributed by atoms with E-state index in [0.717, 1.165) is 44.7 Å². The Labute approximate surface area is 180 Å². The zero-order valence-corrected chi connectivity index (χ0v) is 17.0. The van der Waals surface area contributed by atoms with Gasteiger partial charge in [-0.3, -0.25) is 0 Å². The molecule has 0 bridgehead atoms. The van der Waals surface area contributed by atoms with Gasteiger partial charge in [0.15, 0.2) is 0 Å². The van der Waals surface area contributed by atoms with Crippen molar-refractivity contribution in [2.45, 2.75) is 6.04 Å². The summed E-state index contributed by atoms with van der Waals surface area (Å²) in [6.45, 7) is 0. The maximum absolute atomic E-state index is 12.6. The number of ether oxygens (including phenoxy) is 1. The summed E-state index contributed by atoms with van der Waals surface area (Å²) in [7, 11) is 1.64. The van der Waals surface area contributed by atoms with Gasteiger partial charge in [0.05, 0.1) is 30.1 Å². The highest BCUT2D eigenvalue weighted by Gasteiger charge is 2.31. The van der Waals surface area contributed by atoms with E-state index in [1.807, 2.05) is 84.9 Å². The lowest BCUT2D eigenvalue weighted by molar-refractivity contribution is 0.242. The number of carbonyl (C=O) groups excluding carboxylic acids is 1. The van der Waals surface area contributed by atoms with Crippen molar-refractivity contribution in [1.29, 1.82) is 0 Å². The summed E-state index contributed by atoms with van der Waals surface area (Å²) in [6.07, 6.45) is 0. The first-order chi connectivity index (χ1) is 15.2. The molecule has 5 nitrogen and oxygen atoms in total. The molecule has 1 unspecified atom stereocenters. The summed E-state index contributed by atoms with van der Waals surface area (Å²) >= 11 is 0. The molecule has 31 heavy (non-hydrogen) atoms. The fourth-order valence-electron chi connectivity index (χ4n) is 3.94. The van der Waals surface area contributed by atoms with Gasteiger partial charge in [0.25, 0.3) is 0 Å². The molecule has 4 aromatic rings. The monoisotopic (exact) mass is 407 g/mol. The summed E-state index contributed by atoms with van der Waals surface area (Å²) in [4.78, 5) is 17.6. The number of aromatic nitrogens is 1. The first-order valence-corrected chi connectivity index (χ1v) is 10.1. The van der Waals surface area contributed by atoms with Crippen molar-refractivity contribution in [3.05, 3.63) is 108 Å². The maximum Gasteiger partial charge on any atom is 0.320 e. The fourth-order valence-corrected chi connectivity index (χ4v) is 3.94. The van der Waals surface area contributed by atoms with Gasteiger partial charge in [0, 0.05) is 11.0 Å². The minimum Gasteiger partial charge on any atom is -0.497 e. The number of fused-ring (bicyclic) bond motifs is 1. The smallest absolute Gasteiger partial charge is 0.320 e. The number of para-hydroxylation sites is 1. The van der Waals surface area contributed by atoms with Gasteiger partial charge in [-0.05, 0) is 35.4 Å². The maximum atomic E-state index is 12.6. The molecule has 0 saturated heterocycles. The number of hydrogen-bond donors (Lipinski definition) is 2. The normalized spacial score (nSPS) is 16.0. The van der Waals surface area contributed by atoms with Crippen molar-refractivity contribution in [3.63, 3.8) is 0 Å². The molecule has 0 aliphatic carbocycles. The largest absolute Gasteiger partial charge is 0.497 e. The summed E-state index contributed by atoms with van der Waals surface area (Å²) < 4.78 is 5.30. The molecular formula is C26H21N3O2. The van der Waals surface area contributed by atoms with Crippen LogP contribution in [0.25, 0.3) is 22.2 Å². The average Bonchev–Trinajstić information content (AvgIpc) is 2.84. The standard InChI is InChI=1S/C26H21N3O2/c1-31-20-14-11-19(12-15-20)25-23(22-16-13-17-7-5-6-10-21(17)27-22)24(28-26(30)29-25)18-8-3-2-4-9-18/h2-16,25H,1H3,(H2,28,29,30). The van der Waals surface area contributed by atoms with E-state index in [4.69, 9.17) is 9.72 Å². The van der Waals surface area contributed by atoms with Crippen molar-refractivity contribution < 1.29 is 9.53 Å². The Balaban J connectivity index is 1.74. The first kappa shape index (κ1) is 18.9. The average molecular weight is 407 g/mol. The number of benzene rings is 3. The summed E-state index contributed by atoms with van der Waals surface area (Å²) in [5.41, 5.74) is 5.28. The van der Waals surface area contributed by atoms with Gasteiger partial charge in [0.2, 0.25) is 0 Å². The van der Waals surface area contributed by atoms with E-state index in [0.29, 0.717) is 0 Å². The Morgan fingerprint density at radius 3 is 2.35 bits per heavy atom. The van der Waals surface area contributed by atoms with Crippen molar-refractivity contribution in [1.82, 2.24) is 15.6 Å². The Bertz CT molecular complexity index is 1280. The van der Waals surface area contributed by atoms with E-state index in [9.17, 15) is 4.79 Å². The number of nitrogens with one attached hydrogen (secondary N) is 2. The third-order valence-corrected chi connectivity index (χ3v) is 5.46. The van der Waals surface area contributed by atoms with E-state index >= 15 is 0 Å². The van der Waals surface area contributed by atoms with Gasteiger partial charge in [0.1, 0.15) is 5.75 Å². The molecule has 152 valence electrons. The molecule has 1 aromatic heterocycles. The van der Waals surface area contributed by atoms with E-state index in [1.54, 1.807) is 7.11 Å². The van der Waals surface area contributed by atoms with E-state index in [1.165, 1.54) is 0 Å². The first-order valence-electron chi connectivity index (χ1n) is 10.1. The molecule has 2 N–H and O–H groups in total. The second-order valence-corrected chi connectivity index (χ2v) is 7.35. The van der Waals surface area contributed by atoms with Gasteiger partial charge in [-0.25, -0.2) is 9.78 Å². The third-order valence-electron chi connectivity index (χ3n) is 5.46. The van der Waals surface area contributed by atoms with Crippen LogP contribution < -0.4 is 15.4 Å².